The highest BCUT2D eigenvalue weighted by atomic mass is 16.5. The maximum absolute atomic E-state index is 13.6. The molecule has 4 aromatic carbocycles. The number of para-hydroxylation sites is 3. The summed E-state index contributed by atoms with van der Waals surface area (Å²) >= 11 is 0. The highest BCUT2D eigenvalue weighted by Crippen LogP contribution is 2.48. The number of ketones is 1. The molecule has 1 aliphatic rings. The Hall–Kier alpha value is -4.22. The molecule has 0 radical (unpaired) electrons. The lowest BCUT2D eigenvalue weighted by atomic mass is 9.68. The average molecular weight is 520 g/mol. The Morgan fingerprint density at radius 1 is 0.821 bits per heavy atom. The van der Waals surface area contributed by atoms with Gasteiger partial charge in [-0.1, -0.05) is 78.9 Å². The van der Waals surface area contributed by atoms with E-state index in [1.165, 1.54) is 0 Å². The van der Waals surface area contributed by atoms with Gasteiger partial charge in [-0.2, -0.15) is 0 Å². The number of piperidine rings is 1. The first-order valence-corrected chi connectivity index (χ1v) is 13.5. The first-order valence-electron chi connectivity index (χ1n) is 13.5. The van der Waals surface area contributed by atoms with Crippen molar-refractivity contribution in [2.24, 2.45) is 0 Å². The highest BCUT2D eigenvalue weighted by molar-refractivity contribution is 5.97. The average Bonchev–Trinajstić information content (AvgIpc) is 3.01. The van der Waals surface area contributed by atoms with Gasteiger partial charge in [0, 0.05) is 31.7 Å². The number of nitrogens with one attached hydrogen (secondary N) is 1. The number of rotatable bonds is 8. The lowest BCUT2D eigenvalue weighted by molar-refractivity contribution is -0.122. The number of carbonyl (C=O) groups is 2. The molecule has 0 saturated carbocycles. The maximum atomic E-state index is 13.6. The third kappa shape index (κ3) is 4.98. The van der Waals surface area contributed by atoms with Gasteiger partial charge in [-0.3, -0.25) is 14.1 Å². The zero-order chi connectivity index (χ0) is 27.3. The zero-order valence-corrected chi connectivity index (χ0v) is 22.5. The third-order valence-electron chi connectivity index (χ3n) is 8.29. The summed E-state index contributed by atoms with van der Waals surface area (Å²) in [5.41, 5.74) is 3.42. The van der Waals surface area contributed by atoms with E-state index in [2.05, 4.69) is 41.7 Å². The Morgan fingerprint density at radius 3 is 1.92 bits per heavy atom. The largest absolute Gasteiger partial charge is 0.496 e. The highest BCUT2D eigenvalue weighted by Gasteiger charge is 2.54. The van der Waals surface area contributed by atoms with Crippen molar-refractivity contribution in [3.63, 3.8) is 0 Å². The summed E-state index contributed by atoms with van der Waals surface area (Å²) in [5, 5.41) is 3.21. The van der Waals surface area contributed by atoms with Crippen molar-refractivity contribution in [1.29, 1.82) is 0 Å². The molecule has 2 atom stereocenters. The second-order valence-electron chi connectivity index (χ2n) is 10.4. The second-order valence-corrected chi connectivity index (χ2v) is 10.4. The van der Waals surface area contributed by atoms with Crippen LogP contribution in [0.1, 0.15) is 35.7 Å². The molecule has 0 aromatic heterocycles. The minimum Gasteiger partial charge on any atom is -0.496 e. The molecule has 1 heterocycles. The molecule has 0 bridgehead atoms. The zero-order valence-electron chi connectivity index (χ0n) is 22.5. The number of amides is 1. The number of hydrogen-bond acceptors (Lipinski definition) is 3. The fraction of sp³-hybridized carbons (Fsp3) is 0.235. The van der Waals surface area contributed by atoms with Crippen molar-refractivity contribution in [2.45, 2.75) is 31.2 Å². The number of Topliss-reactive ketones (excluding diaryl/α,β-unsaturated/α-hetero) is 1. The number of methoxy groups -OCH3 is 1. The van der Waals surface area contributed by atoms with Crippen LogP contribution in [0.5, 0.6) is 5.75 Å². The van der Waals surface area contributed by atoms with Gasteiger partial charge in [-0.05, 0) is 42.0 Å². The molecule has 1 saturated heterocycles. The summed E-state index contributed by atoms with van der Waals surface area (Å²) in [4.78, 5) is 27.0. The Bertz CT molecular complexity index is 1380. The quantitative estimate of drug-likeness (QED) is 0.272. The number of quaternary nitrogens is 1. The van der Waals surface area contributed by atoms with Gasteiger partial charge in [0.2, 0.25) is 0 Å². The molecule has 5 heteroatoms. The van der Waals surface area contributed by atoms with Crippen LogP contribution in [-0.2, 0) is 10.2 Å². The van der Waals surface area contributed by atoms with Crippen LogP contribution in [0.15, 0.2) is 115 Å². The molecule has 1 aliphatic heterocycles. The van der Waals surface area contributed by atoms with Gasteiger partial charge in [-0.15, -0.1) is 0 Å². The second kappa shape index (κ2) is 11.3. The van der Waals surface area contributed by atoms with Gasteiger partial charge in [0.1, 0.15) is 17.1 Å². The number of benzene rings is 4. The molecule has 4 aromatic rings. The maximum Gasteiger partial charge on any atom is 0.255 e. The van der Waals surface area contributed by atoms with Crippen molar-refractivity contribution in [1.82, 2.24) is 9.80 Å². The van der Waals surface area contributed by atoms with E-state index in [0.29, 0.717) is 28.8 Å². The third-order valence-corrected chi connectivity index (χ3v) is 8.29. The smallest absolute Gasteiger partial charge is 0.255 e. The van der Waals surface area contributed by atoms with Crippen molar-refractivity contribution in [3.8, 4) is 5.75 Å². The van der Waals surface area contributed by atoms with Gasteiger partial charge < -0.3 is 10.1 Å². The summed E-state index contributed by atoms with van der Waals surface area (Å²) < 4.78 is 5.90. The lowest BCUT2D eigenvalue weighted by Gasteiger charge is -2.52. The van der Waals surface area contributed by atoms with E-state index in [1.54, 1.807) is 26.2 Å². The van der Waals surface area contributed by atoms with Crippen LogP contribution in [0, 0.1) is 0 Å². The molecular formula is C34H35N2O3+. The van der Waals surface area contributed by atoms with Gasteiger partial charge in [0.05, 0.1) is 19.2 Å². The fourth-order valence-corrected chi connectivity index (χ4v) is 6.28. The van der Waals surface area contributed by atoms with E-state index in [1.807, 2.05) is 66.7 Å². The molecule has 2 unspecified atom stereocenters. The molecule has 1 N–H and O–H groups in total. The van der Waals surface area contributed by atoms with Crippen molar-refractivity contribution < 1.29 is 14.3 Å². The summed E-state index contributed by atoms with van der Waals surface area (Å²) in [6.45, 7) is 2.84. The van der Waals surface area contributed by atoms with E-state index < -0.39 is 5.41 Å². The molecule has 198 valence electrons. The minimum atomic E-state index is -0.416. The Kier molecular flexibility index (Phi) is 7.62. The van der Waals surface area contributed by atoms with Crippen LogP contribution in [0.25, 0.3) is 0 Å². The Labute approximate surface area is 230 Å². The van der Waals surface area contributed by atoms with Crippen LogP contribution < -0.4 is 14.5 Å². The van der Waals surface area contributed by atoms with Gasteiger partial charge in [0.15, 0.2) is 11.8 Å². The van der Waals surface area contributed by atoms with Crippen LogP contribution >= 0.6 is 0 Å². The predicted octanol–water partition coefficient (Wildman–Crippen LogP) is 6.45. The van der Waals surface area contributed by atoms with Gasteiger partial charge in [-0.25, -0.2) is 0 Å². The number of ether oxygens (including phenoxy) is 1. The molecule has 5 rings (SSSR count). The summed E-state index contributed by atoms with van der Waals surface area (Å²) in [7, 11) is 1.57. The fourth-order valence-electron chi connectivity index (χ4n) is 6.28. The van der Waals surface area contributed by atoms with Crippen LogP contribution in [0.4, 0.5) is 11.4 Å². The van der Waals surface area contributed by atoms with E-state index in [0.717, 1.165) is 29.9 Å². The topological polar surface area (TPSA) is 55.4 Å². The molecule has 5 nitrogen and oxygen atoms in total. The van der Waals surface area contributed by atoms with E-state index >= 15 is 0 Å². The van der Waals surface area contributed by atoms with E-state index in [4.69, 9.17) is 4.74 Å². The van der Waals surface area contributed by atoms with Crippen molar-refractivity contribution in [2.75, 3.05) is 20.2 Å². The van der Waals surface area contributed by atoms with E-state index in [9.17, 15) is 9.59 Å². The lowest BCUT2D eigenvalue weighted by Crippen LogP contribution is -2.64. The molecule has 1 fully saturated rings. The molecular weight excluding hydrogens is 484 g/mol. The van der Waals surface area contributed by atoms with Gasteiger partial charge >= 0.3 is 0 Å². The van der Waals surface area contributed by atoms with E-state index in [-0.39, 0.29) is 17.7 Å². The Balaban J connectivity index is 1.57. The summed E-state index contributed by atoms with van der Waals surface area (Å²) in [6.07, 6.45) is 1.39. The minimum absolute atomic E-state index is 0.138. The SMILES string of the molecule is COc1ccccc1C(=O)NCC1(c2ccccc2)CC[N+](c2ccccc2)(c2ccccc2)C(C(C)=O)C1. The first-order chi connectivity index (χ1) is 19.0. The van der Waals surface area contributed by atoms with Crippen LogP contribution in [-0.4, -0.2) is 37.9 Å². The number of hydrogen-bond donors (Lipinski definition) is 1. The van der Waals surface area contributed by atoms with Crippen LogP contribution in [0.2, 0.25) is 0 Å². The first kappa shape index (κ1) is 26.4. The normalized spacial score (nSPS) is 20.1. The molecule has 1 amide bonds. The summed E-state index contributed by atoms with van der Waals surface area (Å²) in [6, 6.07) is 38.0. The molecule has 0 spiro atoms. The number of nitrogens with zero attached hydrogens (tertiary/aromatic N) is 1. The van der Waals surface area contributed by atoms with Crippen LogP contribution in [0.3, 0.4) is 0 Å². The van der Waals surface area contributed by atoms with Crippen molar-refractivity contribution >= 4 is 23.1 Å². The molecule has 0 aliphatic carbocycles. The Morgan fingerprint density at radius 2 is 1.36 bits per heavy atom. The summed E-state index contributed by atoms with van der Waals surface area (Å²) in [5.74, 6) is 0.496. The molecule has 39 heavy (non-hydrogen) atoms. The standard InChI is InChI=1S/C34H34N2O3/c1-26(37)31-24-34(27-14-6-3-7-15-27,25-35-33(38)30-20-12-13-21-32(30)39-2)22-23-36(31,28-16-8-4-9-17-28)29-18-10-5-11-19-29/h3-21,31H,22-25H2,1-2H3/p+1. The number of carbonyl (C=O) groups excluding carboxylic acids is 2. The predicted molar refractivity (Wildman–Crippen MR) is 156 cm³/mol. The van der Waals surface area contributed by atoms with Gasteiger partial charge in [0.25, 0.3) is 5.91 Å². The van der Waals surface area contributed by atoms with Crippen molar-refractivity contribution in [3.05, 3.63) is 126 Å². The monoisotopic (exact) mass is 519 g/mol.